The molecule has 186 valence electrons. The molecule has 0 spiro atoms. The predicted molar refractivity (Wildman–Crippen MR) is 129 cm³/mol. The van der Waals surface area contributed by atoms with Crippen molar-refractivity contribution in [2.24, 2.45) is 0 Å². The van der Waals surface area contributed by atoms with Crippen molar-refractivity contribution in [2.45, 2.75) is 26.6 Å². The number of methoxy groups -OCH3 is 1. The van der Waals surface area contributed by atoms with Gasteiger partial charge in [0, 0.05) is 22.9 Å². The number of hydrogen-bond donors (Lipinski definition) is 0. The third kappa shape index (κ3) is 5.20. The highest BCUT2D eigenvalue weighted by Gasteiger charge is 2.35. The van der Waals surface area contributed by atoms with E-state index in [4.69, 9.17) is 4.74 Å². The highest BCUT2D eigenvalue weighted by atomic mass is 32.1. The minimum atomic E-state index is -4.57. The highest BCUT2D eigenvalue weighted by molar-refractivity contribution is 7.14. The number of benzene rings is 2. The summed E-state index contributed by atoms with van der Waals surface area (Å²) in [5, 5.41) is 13.0. The first-order valence-corrected chi connectivity index (χ1v) is 11.8. The first-order chi connectivity index (χ1) is 17.3. The monoisotopic (exact) mass is 515 g/mol. The molecule has 1 aromatic heterocycles. The molecular formula is C25H21F4N5OS. The fourth-order valence-corrected chi connectivity index (χ4v) is 4.35. The summed E-state index contributed by atoms with van der Waals surface area (Å²) in [6.45, 7) is 4.19. The Hall–Kier alpha value is -3.86. The highest BCUT2D eigenvalue weighted by Crippen LogP contribution is 2.40. The minimum absolute atomic E-state index is 0.0716. The van der Waals surface area contributed by atoms with Gasteiger partial charge in [-0.2, -0.15) is 18.3 Å². The summed E-state index contributed by atoms with van der Waals surface area (Å²) in [7, 11) is 1.31. The lowest BCUT2D eigenvalue weighted by Crippen LogP contribution is -2.07. The summed E-state index contributed by atoms with van der Waals surface area (Å²) >= 11 is 1.04. The van der Waals surface area contributed by atoms with Gasteiger partial charge in [0.05, 0.1) is 24.9 Å². The summed E-state index contributed by atoms with van der Waals surface area (Å²) in [4.78, 5) is 4.41. The van der Waals surface area contributed by atoms with Crippen LogP contribution in [0.4, 0.5) is 17.6 Å². The number of fused-ring (bicyclic) bond motifs is 1. The summed E-state index contributed by atoms with van der Waals surface area (Å²) in [5.41, 5.74) is 0.665. The van der Waals surface area contributed by atoms with Crippen LogP contribution in [-0.4, -0.2) is 32.1 Å². The molecule has 3 heterocycles. The lowest BCUT2D eigenvalue weighted by molar-refractivity contribution is -0.137. The first kappa shape index (κ1) is 25.2. The number of halogens is 4. The van der Waals surface area contributed by atoms with E-state index in [0.717, 1.165) is 23.0 Å². The number of aromatic nitrogens is 5. The van der Waals surface area contributed by atoms with Crippen LogP contribution in [0.3, 0.4) is 0 Å². The zero-order valence-electron chi connectivity index (χ0n) is 19.5. The van der Waals surface area contributed by atoms with Crippen molar-refractivity contribution in [3.05, 3.63) is 77.2 Å². The van der Waals surface area contributed by atoms with Crippen molar-refractivity contribution < 1.29 is 22.3 Å². The van der Waals surface area contributed by atoms with E-state index in [1.165, 1.54) is 25.3 Å². The Balaban J connectivity index is 0.00000148. The van der Waals surface area contributed by atoms with Gasteiger partial charge in [-0.1, -0.05) is 37.3 Å². The van der Waals surface area contributed by atoms with Crippen LogP contribution >= 0.6 is 11.3 Å². The van der Waals surface area contributed by atoms with Gasteiger partial charge in [0.1, 0.15) is 21.6 Å². The fraction of sp³-hybridized carbons (Fsp3) is 0.200. The Bertz CT molecular complexity index is 1450. The van der Waals surface area contributed by atoms with Crippen molar-refractivity contribution in [2.75, 3.05) is 7.11 Å². The van der Waals surface area contributed by atoms with Gasteiger partial charge in [-0.3, -0.25) is 4.68 Å². The molecule has 0 saturated carbocycles. The van der Waals surface area contributed by atoms with Gasteiger partial charge in [0.2, 0.25) is 0 Å². The average molecular weight is 516 g/mol. The molecule has 11 heteroatoms. The molecular weight excluding hydrogens is 494 g/mol. The second kappa shape index (κ2) is 10.4. The number of hydrogen-bond acceptors (Lipinski definition) is 6. The lowest BCUT2D eigenvalue weighted by atomic mass is 10.1. The molecule has 0 radical (unpaired) electrons. The topological polar surface area (TPSA) is 65.7 Å². The maximum Gasteiger partial charge on any atom is 0.417 e. The lowest BCUT2D eigenvalue weighted by Gasteiger charge is -2.12. The molecule has 0 bridgehead atoms. The van der Waals surface area contributed by atoms with Gasteiger partial charge >= 0.3 is 6.18 Å². The largest absolute Gasteiger partial charge is 0.497 e. The van der Waals surface area contributed by atoms with E-state index < -0.39 is 11.7 Å². The van der Waals surface area contributed by atoms with Crippen LogP contribution < -0.4 is 4.74 Å². The van der Waals surface area contributed by atoms with E-state index in [-0.39, 0.29) is 28.7 Å². The molecule has 5 rings (SSSR count). The number of rotatable bonds is 5. The quantitative estimate of drug-likeness (QED) is 0.241. The zero-order valence-corrected chi connectivity index (χ0v) is 20.4. The summed E-state index contributed by atoms with van der Waals surface area (Å²) in [5.74, 6) is 0.141. The van der Waals surface area contributed by atoms with Crippen LogP contribution in [0.5, 0.6) is 5.75 Å². The summed E-state index contributed by atoms with van der Waals surface area (Å²) in [6.07, 6.45) is -2.87. The van der Waals surface area contributed by atoms with E-state index >= 15 is 0 Å². The Kier molecular flexibility index (Phi) is 7.30. The van der Waals surface area contributed by atoms with Gasteiger partial charge in [0.25, 0.3) is 0 Å². The van der Waals surface area contributed by atoms with Crippen LogP contribution in [0.25, 0.3) is 33.2 Å². The van der Waals surface area contributed by atoms with Gasteiger partial charge in [-0.25, -0.2) is 9.37 Å². The Morgan fingerprint density at radius 3 is 2.47 bits per heavy atom. The molecule has 3 aromatic rings. The molecule has 0 N–H and O–H groups in total. The van der Waals surface area contributed by atoms with Crippen molar-refractivity contribution in [1.82, 2.24) is 25.0 Å². The Labute approximate surface area is 208 Å². The van der Waals surface area contributed by atoms with Crippen molar-refractivity contribution in [1.29, 1.82) is 0 Å². The van der Waals surface area contributed by atoms with Crippen molar-refractivity contribution in [3.63, 3.8) is 0 Å². The average Bonchev–Trinajstić information content (AvgIpc) is 3.51. The fourth-order valence-electron chi connectivity index (χ4n) is 3.48. The van der Waals surface area contributed by atoms with Crippen molar-refractivity contribution in [3.8, 4) is 39.0 Å². The van der Waals surface area contributed by atoms with Gasteiger partial charge < -0.3 is 4.74 Å². The molecule has 2 aliphatic heterocycles. The summed E-state index contributed by atoms with van der Waals surface area (Å²) in [6, 6.07) is 13.6. The first-order valence-electron chi connectivity index (χ1n) is 11.0. The van der Waals surface area contributed by atoms with E-state index in [1.807, 2.05) is 13.8 Å². The Morgan fingerprint density at radius 2 is 1.75 bits per heavy atom. The molecule has 2 aromatic carbocycles. The molecule has 0 aliphatic carbocycles. The van der Waals surface area contributed by atoms with Crippen LogP contribution in [0, 0.1) is 5.82 Å². The second-order valence-corrected chi connectivity index (χ2v) is 8.39. The second-order valence-electron chi connectivity index (χ2n) is 7.32. The molecule has 0 fully saturated rings. The van der Waals surface area contributed by atoms with Crippen LogP contribution in [0.2, 0.25) is 0 Å². The number of alkyl halides is 3. The molecule has 0 unspecified atom stereocenters. The predicted octanol–water partition coefficient (Wildman–Crippen LogP) is 6.81. The van der Waals surface area contributed by atoms with E-state index in [2.05, 4.69) is 20.3 Å². The van der Waals surface area contributed by atoms with E-state index in [9.17, 15) is 17.6 Å². The molecule has 36 heavy (non-hydrogen) atoms. The maximum atomic E-state index is 14.1. The van der Waals surface area contributed by atoms with Crippen LogP contribution in [-0.2, 0) is 12.7 Å². The maximum absolute atomic E-state index is 14.1. The van der Waals surface area contributed by atoms with E-state index in [1.54, 1.807) is 41.2 Å². The third-order valence-corrected chi connectivity index (χ3v) is 6.04. The Morgan fingerprint density at radius 1 is 0.972 bits per heavy atom. The third-order valence-electron chi connectivity index (χ3n) is 5.10. The molecule has 2 aliphatic rings. The standard InChI is InChI=1S/C23H15F4N5OS.C2H6/c1-33-14-6-7-15(17(11-14)23(25,26)27)22-30-29-20(34-22)12-32-9-8-13-10-19(28-21(13)31-32)16-4-2-3-5-18(16)24;1-2/h2-11H,12H2,1H3;1-2H3. The SMILES string of the molecule is CC.COc1ccc(-c2nnc(Cn3ccc4cc(-c5ccccc5F)nc-4n3)s2)c(C(F)(F)F)c1. The number of nitrogens with zero attached hydrogens (tertiary/aromatic N) is 5. The molecule has 0 saturated heterocycles. The van der Waals surface area contributed by atoms with Crippen molar-refractivity contribution >= 4 is 11.3 Å². The van der Waals surface area contributed by atoms with Gasteiger partial charge in [0.15, 0.2) is 5.82 Å². The number of ether oxygens (including phenoxy) is 1. The molecule has 0 amide bonds. The smallest absolute Gasteiger partial charge is 0.417 e. The van der Waals surface area contributed by atoms with Gasteiger partial charge in [-0.15, -0.1) is 10.2 Å². The molecule has 6 nitrogen and oxygen atoms in total. The van der Waals surface area contributed by atoms with Crippen LogP contribution in [0.15, 0.2) is 60.8 Å². The van der Waals surface area contributed by atoms with Crippen LogP contribution in [0.1, 0.15) is 24.4 Å². The zero-order chi connectivity index (χ0) is 25.9. The van der Waals surface area contributed by atoms with Gasteiger partial charge in [-0.05, 0) is 42.5 Å². The molecule has 0 atom stereocenters. The normalized spacial score (nSPS) is 11.3. The summed E-state index contributed by atoms with van der Waals surface area (Å²) < 4.78 is 61.3. The minimum Gasteiger partial charge on any atom is -0.497 e. The van der Waals surface area contributed by atoms with E-state index in [0.29, 0.717) is 22.1 Å².